The highest BCUT2D eigenvalue weighted by Crippen LogP contribution is 2.18. The molecule has 3 N–H and O–H groups in total. The highest BCUT2D eigenvalue weighted by Gasteiger charge is 2.26. The van der Waals surface area contributed by atoms with Crippen LogP contribution in [0.4, 0.5) is 13.2 Å². The highest BCUT2D eigenvalue weighted by molar-refractivity contribution is 5.72. The Morgan fingerprint density at radius 1 is 1.43 bits per heavy atom. The van der Waals surface area contributed by atoms with E-state index in [2.05, 4.69) is 4.74 Å². The summed E-state index contributed by atoms with van der Waals surface area (Å²) in [6.07, 6.45) is -5.27. The summed E-state index contributed by atoms with van der Waals surface area (Å²) < 4.78 is 39.3. The van der Waals surface area contributed by atoms with Crippen molar-refractivity contribution in [2.75, 3.05) is 13.2 Å². The third-order valence-corrected chi connectivity index (χ3v) is 1.42. The molecule has 0 rings (SSSR count). The van der Waals surface area contributed by atoms with Gasteiger partial charge >= 0.3 is 12.1 Å². The number of carboxylic acids is 1. The number of carboxylic acid groups (broad SMARTS) is 1. The van der Waals surface area contributed by atoms with Crippen LogP contribution in [0.2, 0.25) is 0 Å². The summed E-state index contributed by atoms with van der Waals surface area (Å²) in [4.78, 5) is 10.2. The van der Waals surface area contributed by atoms with E-state index >= 15 is 0 Å². The lowest BCUT2D eigenvalue weighted by Gasteiger charge is -2.08. The standard InChI is InChI=1S/C7H12F3NO3/c8-7(9,10)2-4-14-3-1-5(11)6(12)13/h5H,1-4,11H2,(H,12,13). The minimum atomic E-state index is -4.24. The molecule has 0 fully saturated rings. The number of hydrogen-bond donors (Lipinski definition) is 2. The van der Waals surface area contributed by atoms with Gasteiger partial charge in [0, 0.05) is 6.61 Å². The van der Waals surface area contributed by atoms with Crippen molar-refractivity contribution in [1.29, 1.82) is 0 Å². The number of aliphatic carboxylic acids is 1. The Morgan fingerprint density at radius 3 is 2.43 bits per heavy atom. The fraction of sp³-hybridized carbons (Fsp3) is 0.857. The predicted octanol–water partition coefficient (Wildman–Crippen LogP) is 0.757. The first kappa shape index (κ1) is 13.2. The van der Waals surface area contributed by atoms with Crippen LogP contribution >= 0.6 is 0 Å². The van der Waals surface area contributed by atoms with E-state index in [1.54, 1.807) is 0 Å². The molecule has 0 bridgehead atoms. The van der Waals surface area contributed by atoms with Crippen molar-refractivity contribution in [2.24, 2.45) is 5.73 Å². The van der Waals surface area contributed by atoms with E-state index in [0.717, 1.165) is 0 Å². The predicted molar refractivity (Wildman–Crippen MR) is 41.7 cm³/mol. The minimum absolute atomic E-state index is 0.00713. The first-order valence-corrected chi connectivity index (χ1v) is 3.96. The third-order valence-electron chi connectivity index (χ3n) is 1.42. The lowest BCUT2D eigenvalue weighted by Crippen LogP contribution is -2.31. The Bertz CT molecular complexity index is 184. The normalized spacial score (nSPS) is 14.0. The molecule has 0 aliphatic heterocycles. The number of rotatable bonds is 6. The van der Waals surface area contributed by atoms with E-state index in [4.69, 9.17) is 10.8 Å². The largest absolute Gasteiger partial charge is 0.480 e. The maximum atomic E-state index is 11.6. The molecule has 0 aliphatic carbocycles. The molecule has 0 aromatic heterocycles. The van der Waals surface area contributed by atoms with Crippen LogP contribution in [-0.4, -0.2) is 36.5 Å². The van der Waals surface area contributed by atoms with Crippen LogP contribution in [-0.2, 0) is 9.53 Å². The molecule has 0 aromatic carbocycles. The van der Waals surface area contributed by atoms with Gasteiger partial charge in [-0.1, -0.05) is 0 Å². The van der Waals surface area contributed by atoms with Gasteiger partial charge in [0.2, 0.25) is 0 Å². The summed E-state index contributed by atoms with van der Waals surface area (Å²) in [7, 11) is 0. The first-order chi connectivity index (χ1) is 6.33. The van der Waals surface area contributed by atoms with Crippen molar-refractivity contribution in [3.63, 3.8) is 0 Å². The van der Waals surface area contributed by atoms with Crippen molar-refractivity contribution in [3.8, 4) is 0 Å². The second kappa shape index (κ2) is 5.82. The summed E-state index contributed by atoms with van der Waals surface area (Å²) in [6, 6.07) is -1.08. The quantitative estimate of drug-likeness (QED) is 0.641. The molecule has 0 spiro atoms. The average Bonchev–Trinajstić information content (AvgIpc) is 2.01. The minimum Gasteiger partial charge on any atom is -0.480 e. The van der Waals surface area contributed by atoms with Crippen LogP contribution < -0.4 is 5.73 Å². The van der Waals surface area contributed by atoms with Crippen LogP contribution in [0.15, 0.2) is 0 Å². The Kier molecular flexibility index (Phi) is 5.47. The summed E-state index contributed by atoms with van der Waals surface area (Å²) in [5.74, 6) is -1.19. The molecule has 1 unspecified atom stereocenters. The second-order valence-corrected chi connectivity index (χ2v) is 2.71. The van der Waals surface area contributed by atoms with Crippen LogP contribution in [0.25, 0.3) is 0 Å². The number of nitrogens with two attached hydrogens (primary N) is 1. The van der Waals surface area contributed by atoms with Crippen molar-refractivity contribution in [3.05, 3.63) is 0 Å². The van der Waals surface area contributed by atoms with Gasteiger partial charge in [0.1, 0.15) is 6.04 Å². The number of halogens is 3. The average molecular weight is 215 g/mol. The molecule has 0 radical (unpaired) electrons. The molecule has 14 heavy (non-hydrogen) atoms. The molecular weight excluding hydrogens is 203 g/mol. The van der Waals surface area contributed by atoms with E-state index in [1.165, 1.54) is 0 Å². The van der Waals surface area contributed by atoms with Crippen LogP contribution in [0.1, 0.15) is 12.8 Å². The van der Waals surface area contributed by atoms with Gasteiger partial charge in [0.05, 0.1) is 13.0 Å². The van der Waals surface area contributed by atoms with Crippen molar-refractivity contribution in [1.82, 2.24) is 0 Å². The topological polar surface area (TPSA) is 72.5 Å². The second-order valence-electron chi connectivity index (χ2n) is 2.71. The van der Waals surface area contributed by atoms with Gasteiger partial charge in [-0.25, -0.2) is 0 Å². The smallest absolute Gasteiger partial charge is 0.391 e. The number of hydrogen-bond acceptors (Lipinski definition) is 3. The highest BCUT2D eigenvalue weighted by atomic mass is 19.4. The Morgan fingerprint density at radius 2 is 2.00 bits per heavy atom. The van der Waals surface area contributed by atoms with E-state index in [9.17, 15) is 18.0 Å². The van der Waals surface area contributed by atoms with E-state index in [0.29, 0.717) is 0 Å². The monoisotopic (exact) mass is 215 g/mol. The molecule has 84 valence electrons. The number of ether oxygens (including phenoxy) is 1. The zero-order valence-corrected chi connectivity index (χ0v) is 7.38. The van der Waals surface area contributed by atoms with Gasteiger partial charge in [-0.2, -0.15) is 13.2 Å². The summed E-state index contributed by atoms with van der Waals surface area (Å²) >= 11 is 0. The van der Waals surface area contributed by atoms with Crippen molar-refractivity contribution >= 4 is 5.97 Å². The first-order valence-electron chi connectivity index (χ1n) is 3.96. The lowest BCUT2D eigenvalue weighted by atomic mass is 10.2. The molecule has 4 nitrogen and oxygen atoms in total. The summed E-state index contributed by atoms with van der Waals surface area (Å²) in [6.45, 7) is -0.542. The number of alkyl halides is 3. The molecule has 0 saturated heterocycles. The van der Waals surface area contributed by atoms with Gasteiger partial charge in [-0.3, -0.25) is 4.79 Å². The fourth-order valence-electron chi connectivity index (χ4n) is 0.624. The zero-order valence-electron chi connectivity index (χ0n) is 7.38. The molecular formula is C7H12F3NO3. The summed E-state index contributed by atoms with van der Waals surface area (Å²) in [5.41, 5.74) is 5.08. The van der Waals surface area contributed by atoms with Gasteiger partial charge in [0.15, 0.2) is 0 Å². The third kappa shape index (κ3) is 7.81. The molecule has 1 atom stereocenters. The Balaban J connectivity index is 3.35. The lowest BCUT2D eigenvalue weighted by molar-refractivity contribution is -0.146. The SMILES string of the molecule is NC(CCOCCC(F)(F)F)C(=O)O. The van der Waals surface area contributed by atoms with Gasteiger partial charge in [0.25, 0.3) is 0 Å². The van der Waals surface area contributed by atoms with Gasteiger partial charge in [-0.15, -0.1) is 0 Å². The molecule has 0 aromatic rings. The molecule has 0 aliphatic rings. The zero-order chi connectivity index (χ0) is 11.2. The fourth-order valence-corrected chi connectivity index (χ4v) is 0.624. The Labute approximate surface area is 78.8 Å². The number of carbonyl (C=O) groups is 1. The maximum absolute atomic E-state index is 11.6. The van der Waals surface area contributed by atoms with Crippen molar-refractivity contribution < 1.29 is 27.8 Å². The van der Waals surface area contributed by atoms with Crippen LogP contribution in [0.3, 0.4) is 0 Å². The maximum Gasteiger partial charge on any atom is 0.391 e. The molecule has 0 saturated carbocycles. The molecule has 0 heterocycles. The molecule has 0 amide bonds. The Hall–Kier alpha value is -0.820. The molecule has 7 heteroatoms. The van der Waals surface area contributed by atoms with E-state index in [1.807, 2.05) is 0 Å². The van der Waals surface area contributed by atoms with Crippen LogP contribution in [0, 0.1) is 0 Å². The van der Waals surface area contributed by atoms with E-state index in [-0.39, 0.29) is 13.0 Å². The van der Waals surface area contributed by atoms with Gasteiger partial charge in [-0.05, 0) is 6.42 Å². The van der Waals surface area contributed by atoms with Gasteiger partial charge < -0.3 is 15.6 Å². The van der Waals surface area contributed by atoms with Crippen molar-refractivity contribution in [2.45, 2.75) is 25.1 Å². The van der Waals surface area contributed by atoms with E-state index < -0.39 is 31.2 Å². The van der Waals surface area contributed by atoms with Crippen LogP contribution in [0.5, 0.6) is 0 Å². The summed E-state index contributed by atoms with van der Waals surface area (Å²) in [5, 5.41) is 8.31.